The average molecular weight is 201 g/mol. The van der Waals surface area contributed by atoms with Crippen molar-refractivity contribution in [1.29, 1.82) is 0 Å². The summed E-state index contributed by atoms with van der Waals surface area (Å²) in [6.07, 6.45) is 1.12. The molecule has 14 heavy (non-hydrogen) atoms. The van der Waals surface area contributed by atoms with Gasteiger partial charge < -0.3 is 15.2 Å². The second-order valence-corrected chi connectivity index (χ2v) is 4.04. The summed E-state index contributed by atoms with van der Waals surface area (Å²) in [6, 6.07) is 0. The molecule has 2 N–H and O–H groups in total. The standard InChI is InChI=1S/C10H19NO3/c1-4-13-9(12)10(11)5-7(2)14-8(3)6-10/h7-8H,4-6,11H2,1-3H3. The molecule has 1 fully saturated rings. The van der Waals surface area contributed by atoms with Gasteiger partial charge in [-0.15, -0.1) is 0 Å². The second kappa shape index (κ2) is 4.28. The lowest BCUT2D eigenvalue weighted by molar-refractivity contribution is -0.158. The van der Waals surface area contributed by atoms with Gasteiger partial charge in [-0.1, -0.05) is 0 Å². The smallest absolute Gasteiger partial charge is 0.326 e. The van der Waals surface area contributed by atoms with Crippen LogP contribution in [-0.2, 0) is 14.3 Å². The van der Waals surface area contributed by atoms with Gasteiger partial charge in [0.15, 0.2) is 0 Å². The van der Waals surface area contributed by atoms with Crippen LogP contribution in [0.5, 0.6) is 0 Å². The lowest BCUT2D eigenvalue weighted by atomic mass is 9.85. The zero-order chi connectivity index (χ0) is 10.8. The van der Waals surface area contributed by atoms with Crippen molar-refractivity contribution in [3.63, 3.8) is 0 Å². The summed E-state index contributed by atoms with van der Waals surface area (Å²) >= 11 is 0. The minimum Gasteiger partial charge on any atom is -0.465 e. The fourth-order valence-corrected chi connectivity index (χ4v) is 2.04. The Morgan fingerprint density at radius 2 is 2.00 bits per heavy atom. The van der Waals surface area contributed by atoms with Crippen molar-refractivity contribution in [1.82, 2.24) is 0 Å². The van der Waals surface area contributed by atoms with E-state index < -0.39 is 5.54 Å². The number of carbonyl (C=O) groups is 1. The van der Waals surface area contributed by atoms with E-state index in [4.69, 9.17) is 15.2 Å². The molecule has 0 aromatic heterocycles. The van der Waals surface area contributed by atoms with Crippen LogP contribution in [0.1, 0.15) is 33.6 Å². The quantitative estimate of drug-likeness (QED) is 0.672. The molecule has 1 saturated heterocycles. The number of hydrogen-bond acceptors (Lipinski definition) is 4. The lowest BCUT2D eigenvalue weighted by Crippen LogP contribution is -2.56. The molecule has 0 bridgehead atoms. The van der Waals surface area contributed by atoms with Gasteiger partial charge in [0, 0.05) is 12.8 Å². The Morgan fingerprint density at radius 3 is 2.43 bits per heavy atom. The van der Waals surface area contributed by atoms with Gasteiger partial charge in [0.1, 0.15) is 5.54 Å². The number of esters is 1. The average Bonchev–Trinajstić information content (AvgIpc) is 2.01. The second-order valence-electron chi connectivity index (χ2n) is 4.04. The molecule has 1 rings (SSSR count). The maximum absolute atomic E-state index is 11.6. The molecular formula is C10H19NO3. The number of rotatable bonds is 2. The van der Waals surface area contributed by atoms with Gasteiger partial charge in [-0.25, -0.2) is 0 Å². The van der Waals surface area contributed by atoms with Gasteiger partial charge in [-0.3, -0.25) is 4.79 Å². The van der Waals surface area contributed by atoms with E-state index in [1.807, 2.05) is 13.8 Å². The summed E-state index contributed by atoms with van der Waals surface area (Å²) < 4.78 is 10.5. The summed E-state index contributed by atoms with van der Waals surface area (Å²) in [4.78, 5) is 11.6. The van der Waals surface area contributed by atoms with E-state index in [0.717, 1.165) is 0 Å². The van der Waals surface area contributed by atoms with Gasteiger partial charge in [0.25, 0.3) is 0 Å². The van der Waals surface area contributed by atoms with E-state index in [-0.39, 0.29) is 18.2 Å². The van der Waals surface area contributed by atoms with E-state index in [1.54, 1.807) is 6.92 Å². The zero-order valence-corrected chi connectivity index (χ0v) is 9.08. The first-order valence-corrected chi connectivity index (χ1v) is 5.09. The Bertz CT molecular complexity index is 207. The van der Waals surface area contributed by atoms with Gasteiger partial charge in [0.05, 0.1) is 18.8 Å². The fourth-order valence-electron chi connectivity index (χ4n) is 2.04. The van der Waals surface area contributed by atoms with Crippen molar-refractivity contribution in [2.75, 3.05) is 6.61 Å². The molecule has 4 nitrogen and oxygen atoms in total. The highest BCUT2D eigenvalue weighted by molar-refractivity contribution is 5.80. The summed E-state index contributed by atoms with van der Waals surface area (Å²) in [5.41, 5.74) is 5.16. The highest BCUT2D eigenvalue weighted by Crippen LogP contribution is 2.27. The third-order valence-corrected chi connectivity index (χ3v) is 2.45. The van der Waals surface area contributed by atoms with E-state index in [2.05, 4.69) is 0 Å². The van der Waals surface area contributed by atoms with Crippen molar-refractivity contribution < 1.29 is 14.3 Å². The Kier molecular flexibility index (Phi) is 3.50. The van der Waals surface area contributed by atoms with Crippen LogP contribution in [0.2, 0.25) is 0 Å². The van der Waals surface area contributed by atoms with Crippen LogP contribution in [0, 0.1) is 0 Å². The van der Waals surface area contributed by atoms with Crippen molar-refractivity contribution in [2.45, 2.75) is 51.4 Å². The van der Waals surface area contributed by atoms with Crippen LogP contribution in [0.3, 0.4) is 0 Å². The molecule has 82 valence electrons. The van der Waals surface area contributed by atoms with Crippen molar-refractivity contribution >= 4 is 5.97 Å². The maximum Gasteiger partial charge on any atom is 0.326 e. The molecule has 0 radical (unpaired) electrons. The Labute approximate surface area is 84.7 Å². The van der Waals surface area contributed by atoms with Crippen LogP contribution in [0.15, 0.2) is 0 Å². The van der Waals surface area contributed by atoms with Crippen LogP contribution in [-0.4, -0.2) is 30.3 Å². The third-order valence-electron chi connectivity index (χ3n) is 2.45. The van der Waals surface area contributed by atoms with Crippen LogP contribution in [0.4, 0.5) is 0 Å². The SMILES string of the molecule is CCOC(=O)C1(N)CC(C)OC(C)C1. The molecule has 1 aliphatic heterocycles. The molecule has 1 heterocycles. The summed E-state index contributed by atoms with van der Waals surface area (Å²) in [5.74, 6) is -0.304. The summed E-state index contributed by atoms with van der Waals surface area (Å²) in [5, 5.41) is 0. The Hall–Kier alpha value is -0.610. The topological polar surface area (TPSA) is 61.5 Å². The molecule has 0 aromatic carbocycles. The Morgan fingerprint density at radius 1 is 1.50 bits per heavy atom. The molecule has 0 spiro atoms. The van der Waals surface area contributed by atoms with Gasteiger partial charge in [-0.2, -0.15) is 0 Å². The first-order chi connectivity index (χ1) is 6.48. The van der Waals surface area contributed by atoms with Crippen molar-refractivity contribution in [3.05, 3.63) is 0 Å². The molecule has 0 amide bonds. The molecule has 2 unspecified atom stereocenters. The lowest BCUT2D eigenvalue weighted by Gasteiger charge is -2.37. The van der Waals surface area contributed by atoms with Crippen LogP contribution >= 0.6 is 0 Å². The predicted octanol–water partition coefficient (Wildman–Crippen LogP) is 0.834. The number of nitrogens with two attached hydrogens (primary N) is 1. The monoisotopic (exact) mass is 201 g/mol. The molecule has 0 aliphatic carbocycles. The normalized spacial score (nSPS) is 38.0. The highest BCUT2D eigenvalue weighted by Gasteiger charge is 2.42. The minimum atomic E-state index is -0.854. The van der Waals surface area contributed by atoms with E-state index >= 15 is 0 Å². The highest BCUT2D eigenvalue weighted by atomic mass is 16.5. The van der Waals surface area contributed by atoms with E-state index in [0.29, 0.717) is 19.4 Å². The number of ether oxygens (including phenoxy) is 2. The van der Waals surface area contributed by atoms with Crippen molar-refractivity contribution in [2.24, 2.45) is 5.73 Å². The summed E-state index contributed by atoms with van der Waals surface area (Å²) in [6.45, 7) is 6.02. The number of hydrogen-bond donors (Lipinski definition) is 1. The minimum absolute atomic E-state index is 0.0214. The zero-order valence-electron chi connectivity index (χ0n) is 9.08. The largest absolute Gasteiger partial charge is 0.465 e. The van der Waals surface area contributed by atoms with Crippen LogP contribution in [0.25, 0.3) is 0 Å². The van der Waals surface area contributed by atoms with Gasteiger partial charge in [-0.05, 0) is 20.8 Å². The first kappa shape index (κ1) is 11.5. The molecule has 2 atom stereocenters. The van der Waals surface area contributed by atoms with E-state index in [1.165, 1.54) is 0 Å². The molecule has 4 heteroatoms. The summed E-state index contributed by atoms with van der Waals surface area (Å²) in [7, 11) is 0. The fraction of sp³-hybridized carbons (Fsp3) is 0.900. The molecule has 1 aliphatic rings. The van der Waals surface area contributed by atoms with Gasteiger partial charge >= 0.3 is 5.97 Å². The molecule has 0 aromatic rings. The van der Waals surface area contributed by atoms with Crippen molar-refractivity contribution in [3.8, 4) is 0 Å². The first-order valence-electron chi connectivity index (χ1n) is 5.09. The van der Waals surface area contributed by atoms with E-state index in [9.17, 15) is 4.79 Å². The maximum atomic E-state index is 11.6. The third kappa shape index (κ3) is 2.45. The van der Waals surface area contributed by atoms with Gasteiger partial charge in [0.2, 0.25) is 0 Å². The molecular weight excluding hydrogens is 182 g/mol. The number of carbonyl (C=O) groups excluding carboxylic acids is 1. The van der Waals surface area contributed by atoms with Crippen LogP contribution < -0.4 is 5.73 Å². The Balaban J connectivity index is 2.67. The predicted molar refractivity (Wildman–Crippen MR) is 52.8 cm³/mol. The molecule has 0 saturated carbocycles.